The van der Waals surface area contributed by atoms with Gasteiger partial charge in [-0.15, -0.1) is 45.3 Å². The van der Waals surface area contributed by atoms with Gasteiger partial charge in [0.15, 0.2) is 10.1 Å². The zero-order valence-corrected chi connectivity index (χ0v) is 27.5. The Hall–Kier alpha value is -1.52. The Balaban J connectivity index is 1.27. The Morgan fingerprint density at radius 1 is 0.795 bits per heavy atom. The molecule has 39 heavy (non-hydrogen) atoms. The molecule has 3 aliphatic rings. The first-order chi connectivity index (χ1) is 18.6. The average molecular weight is 663 g/mol. The molecular formula is C25H18N4O2S8. The van der Waals surface area contributed by atoms with E-state index in [1.807, 2.05) is 25.2 Å². The molecular weight excluding hydrogens is 645 g/mol. The van der Waals surface area contributed by atoms with Gasteiger partial charge in [-0.05, 0) is 55.1 Å². The number of nitrogens with zero attached hydrogens (tertiary/aromatic N) is 4. The molecule has 198 valence electrons. The van der Waals surface area contributed by atoms with Gasteiger partial charge in [0.2, 0.25) is 0 Å². The van der Waals surface area contributed by atoms with Gasteiger partial charge in [0.25, 0.3) is 11.8 Å². The summed E-state index contributed by atoms with van der Waals surface area (Å²) in [5.74, 6) is -0.222. The minimum Gasteiger partial charge on any atom is -0.292 e. The first-order valence-corrected chi connectivity index (χ1v) is 17.7. The highest BCUT2D eigenvalue weighted by atomic mass is 32.2. The number of rotatable bonds is 4. The number of carbonyl (C=O) groups is 2. The van der Waals surface area contributed by atoms with Crippen LogP contribution in [0.15, 0.2) is 21.7 Å². The second-order valence-corrected chi connectivity index (χ2v) is 16.9. The van der Waals surface area contributed by atoms with E-state index in [4.69, 9.17) is 29.4 Å². The van der Waals surface area contributed by atoms with Crippen LogP contribution in [0.25, 0.3) is 34.3 Å². The summed E-state index contributed by atoms with van der Waals surface area (Å²) in [6, 6.07) is 2.08. The molecule has 2 amide bonds. The first-order valence-electron chi connectivity index (χ1n) is 12.0. The van der Waals surface area contributed by atoms with E-state index in [9.17, 15) is 9.59 Å². The Morgan fingerprint density at radius 3 is 2.00 bits per heavy atom. The Bertz CT molecular complexity index is 1910. The van der Waals surface area contributed by atoms with Crippen LogP contribution in [0.5, 0.6) is 0 Å². The van der Waals surface area contributed by atoms with Crippen molar-refractivity contribution in [3.05, 3.63) is 22.2 Å². The van der Waals surface area contributed by atoms with Crippen molar-refractivity contribution in [2.24, 2.45) is 9.98 Å². The fourth-order valence-electron chi connectivity index (χ4n) is 4.89. The molecule has 0 N–H and O–H groups in total. The lowest BCUT2D eigenvalue weighted by Gasteiger charge is -2.21. The molecule has 2 aliphatic heterocycles. The molecule has 0 aromatic carbocycles. The predicted molar refractivity (Wildman–Crippen MR) is 181 cm³/mol. The smallest absolute Gasteiger partial charge is 0.285 e. The SMILES string of the molecule is CCN1C(=O)C(=NC2=Cc3sc4c(sc5c6sc(N=C7SC(=S)N(CC)C7=O)cc6sc45)c3C2(C)C)SC1=S. The molecule has 2 fully saturated rings. The van der Waals surface area contributed by atoms with Gasteiger partial charge in [-0.25, -0.2) is 9.98 Å². The van der Waals surface area contributed by atoms with Crippen LogP contribution in [-0.4, -0.2) is 53.4 Å². The van der Waals surface area contributed by atoms with Crippen LogP contribution in [0.2, 0.25) is 0 Å². The van der Waals surface area contributed by atoms with Crippen molar-refractivity contribution in [1.82, 2.24) is 9.80 Å². The molecule has 2 saturated heterocycles. The number of hydrogen-bond acceptors (Lipinski definition) is 12. The van der Waals surface area contributed by atoms with Crippen molar-refractivity contribution in [3.8, 4) is 0 Å². The van der Waals surface area contributed by atoms with Gasteiger partial charge in [-0.1, -0.05) is 38.3 Å². The van der Waals surface area contributed by atoms with Crippen molar-refractivity contribution in [2.75, 3.05) is 13.1 Å². The summed E-state index contributed by atoms with van der Waals surface area (Å²) in [4.78, 5) is 39.3. The van der Waals surface area contributed by atoms with Gasteiger partial charge in [-0.3, -0.25) is 19.4 Å². The van der Waals surface area contributed by atoms with Crippen LogP contribution in [-0.2, 0) is 15.0 Å². The van der Waals surface area contributed by atoms with Crippen LogP contribution in [0.1, 0.15) is 38.1 Å². The fraction of sp³-hybridized carbons (Fsp3) is 0.280. The maximum Gasteiger partial charge on any atom is 0.285 e. The van der Waals surface area contributed by atoms with E-state index in [0.717, 1.165) is 10.7 Å². The largest absolute Gasteiger partial charge is 0.292 e. The van der Waals surface area contributed by atoms with E-state index in [1.165, 1.54) is 62.2 Å². The first kappa shape index (κ1) is 26.4. The molecule has 6 heterocycles. The summed E-state index contributed by atoms with van der Waals surface area (Å²) in [5.41, 5.74) is 1.86. The minimum absolute atomic E-state index is 0.109. The van der Waals surface area contributed by atoms with Crippen LogP contribution >= 0.6 is 93.3 Å². The lowest BCUT2D eigenvalue weighted by molar-refractivity contribution is -0.120. The van der Waals surface area contributed by atoms with Crippen molar-refractivity contribution < 1.29 is 9.59 Å². The second kappa shape index (κ2) is 9.24. The number of hydrogen-bond donors (Lipinski definition) is 0. The number of allylic oxidation sites excluding steroid dienone is 1. The number of aliphatic imine (C=N–C) groups is 2. The van der Waals surface area contributed by atoms with E-state index in [1.54, 1.807) is 43.8 Å². The quantitative estimate of drug-likeness (QED) is 0.205. The van der Waals surface area contributed by atoms with Crippen LogP contribution < -0.4 is 0 Å². The number of amides is 2. The zero-order valence-electron chi connectivity index (χ0n) is 20.9. The number of thioether (sulfide) groups is 2. The van der Waals surface area contributed by atoms with E-state index < -0.39 is 0 Å². The van der Waals surface area contributed by atoms with E-state index in [-0.39, 0.29) is 17.2 Å². The minimum atomic E-state index is -0.328. The topological polar surface area (TPSA) is 65.3 Å². The van der Waals surface area contributed by atoms with Crippen molar-refractivity contribution in [3.63, 3.8) is 0 Å². The standard InChI is InChI=1S/C25H18N4O2S8/c1-5-28-21(30)19(38-23(28)32)26-11-7-9-13(25(11,3)4)15-17(34-9)18-16(37-15)14-10(35-18)8-12(36-14)27-20-22(31)29(6-2)24(33)39-20/h7-8H,5-6H2,1-4H3. The lowest BCUT2D eigenvalue weighted by atomic mass is 9.86. The zero-order chi connectivity index (χ0) is 27.4. The van der Waals surface area contributed by atoms with Crippen molar-refractivity contribution in [1.29, 1.82) is 0 Å². The third-order valence-electron chi connectivity index (χ3n) is 6.88. The molecule has 14 heteroatoms. The Morgan fingerprint density at radius 2 is 1.38 bits per heavy atom. The molecule has 6 nitrogen and oxygen atoms in total. The molecule has 0 saturated carbocycles. The highest BCUT2D eigenvalue weighted by Gasteiger charge is 2.40. The number of thiophene rings is 4. The van der Waals surface area contributed by atoms with Crippen LogP contribution in [0.4, 0.5) is 5.00 Å². The molecule has 0 radical (unpaired) electrons. The third-order valence-corrected chi connectivity index (χ3v) is 14.8. The van der Waals surface area contributed by atoms with E-state index in [2.05, 4.69) is 31.0 Å². The van der Waals surface area contributed by atoms with Crippen LogP contribution in [0.3, 0.4) is 0 Å². The van der Waals surface area contributed by atoms with Gasteiger partial charge in [0.05, 0.1) is 29.2 Å². The normalized spacial score (nSPS) is 21.4. The van der Waals surface area contributed by atoms with Gasteiger partial charge >= 0.3 is 0 Å². The summed E-state index contributed by atoms with van der Waals surface area (Å²) in [5, 5.41) is 1.73. The maximum atomic E-state index is 12.8. The summed E-state index contributed by atoms with van der Waals surface area (Å²) >= 11 is 20.3. The van der Waals surface area contributed by atoms with Crippen LogP contribution in [0, 0.1) is 0 Å². The van der Waals surface area contributed by atoms with Gasteiger partial charge in [0.1, 0.15) is 13.6 Å². The highest BCUT2D eigenvalue weighted by molar-refractivity contribution is 8.35. The fourth-order valence-corrected chi connectivity index (χ4v) is 13.5. The van der Waals surface area contributed by atoms with Crippen molar-refractivity contribution in [2.45, 2.75) is 33.1 Å². The summed E-state index contributed by atoms with van der Waals surface area (Å²) < 4.78 is 8.72. The number of thiocarbonyl (C=S) groups is 2. The highest BCUT2D eigenvalue weighted by Crippen LogP contribution is 2.57. The van der Waals surface area contributed by atoms with E-state index in [0.29, 0.717) is 31.8 Å². The van der Waals surface area contributed by atoms with Crippen molar-refractivity contribution >= 4 is 163 Å². The summed E-state index contributed by atoms with van der Waals surface area (Å²) in [7, 11) is 0. The monoisotopic (exact) mass is 662 g/mol. The molecule has 0 bridgehead atoms. The average Bonchev–Trinajstić information content (AvgIpc) is 3.69. The van der Waals surface area contributed by atoms with Gasteiger partial charge in [0, 0.05) is 28.1 Å². The molecule has 0 unspecified atom stereocenters. The van der Waals surface area contributed by atoms with Gasteiger partial charge < -0.3 is 0 Å². The summed E-state index contributed by atoms with van der Waals surface area (Å²) in [6.07, 6.45) is 2.14. The number of fused-ring (bicyclic) bond motifs is 7. The predicted octanol–water partition coefficient (Wildman–Crippen LogP) is 8.21. The molecule has 1 aliphatic carbocycles. The molecule has 4 aromatic heterocycles. The third kappa shape index (κ3) is 3.83. The molecule has 0 spiro atoms. The molecule has 7 rings (SSSR count). The Kier molecular flexibility index (Phi) is 6.25. The molecule has 0 atom stereocenters. The Labute approximate surface area is 258 Å². The van der Waals surface area contributed by atoms with E-state index >= 15 is 0 Å². The molecule has 4 aromatic rings. The maximum absolute atomic E-state index is 12.8. The van der Waals surface area contributed by atoms with Gasteiger partial charge in [-0.2, -0.15) is 0 Å². The number of carbonyl (C=O) groups excluding carboxylic acids is 2. The lowest BCUT2D eigenvalue weighted by Crippen LogP contribution is -2.29. The second-order valence-electron chi connectivity index (χ2n) is 9.46. The summed E-state index contributed by atoms with van der Waals surface area (Å²) in [6.45, 7) is 9.32.